The van der Waals surface area contributed by atoms with Crippen LogP contribution in [0, 0.1) is 6.92 Å². The minimum absolute atomic E-state index is 0.133. The van der Waals surface area contributed by atoms with Crippen LogP contribution in [0.15, 0.2) is 71.8 Å². The van der Waals surface area contributed by atoms with E-state index in [-0.39, 0.29) is 11.5 Å². The number of amides is 1. The lowest BCUT2D eigenvalue weighted by molar-refractivity contribution is 0.0951. The minimum atomic E-state index is -0.392. The van der Waals surface area contributed by atoms with Gasteiger partial charge in [0.1, 0.15) is 4.83 Å². The standard InChI is InChI=1S/C24H23N3O2S/c1-16-19-22(26-15-27(3)23(19)29)30-20(16)21(28)25-14-24(2,17-10-6-4-7-11-17)18-12-8-5-9-13-18/h4-13,15H,14H2,1-3H3,(H,25,28). The monoisotopic (exact) mass is 417 g/mol. The highest BCUT2D eigenvalue weighted by Gasteiger charge is 2.30. The number of hydrogen-bond acceptors (Lipinski definition) is 4. The molecule has 152 valence electrons. The Balaban J connectivity index is 1.67. The highest BCUT2D eigenvalue weighted by molar-refractivity contribution is 7.20. The quantitative estimate of drug-likeness (QED) is 0.533. The van der Waals surface area contributed by atoms with Crippen LogP contribution in [-0.2, 0) is 12.5 Å². The number of benzene rings is 2. The molecule has 0 saturated heterocycles. The molecule has 4 aromatic rings. The Morgan fingerprint density at radius 2 is 1.63 bits per heavy atom. The van der Waals surface area contributed by atoms with Gasteiger partial charge in [0.15, 0.2) is 0 Å². The van der Waals surface area contributed by atoms with Gasteiger partial charge in [0.2, 0.25) is 0 Å². The van der Waals surface area contributed by atoms with Crippen LogP contribution in [0.25, 0.3) is 10.2 Å². The molecular formula is C24H23N3O2S. The average molecular weight is 418 g/mol. The predicted molar refractivity (Wildman–Crippen MR) is 121 cm³/mol. The van der Waals surface area contributed by atoms with E-state index in [9.17, 15) is 9.59 Å². The first kappa shape index (κ1) is 20.0. The Morgan fingerprint density at radius 1 is 1.07 bits per heavy atom. The second kappa shape index (κ2) is 7.88. The van der Waals surface area contributed by atoms with E-state index in [4.69, 9.17) is 0 Å². The number of aryl methyl sites for hydroxylation is 2. The van der Waals surface area contributed by atoms with E-state index in [2.05, 4.69) is 41.5 Å². The van der Waals surface area contributed by atoms with E-state index in [0.29, 0.717) is 27.2 Å². The smallest absolute Gasteiger partial charge is 0.262 e. The molecule has 0 unspecified atom stereocenters. The van der Waals surface area contributed by atoms with Crippen molar-refractivity contribution in [3.05, 3.63) is 98.9 Å². The van der Waals surface area contributed by atoms with Gasteiger partial charge < -0.3 is 9.88 Å². The third-order valence-corrected chi connectivity index (χ3v) is 6.84. The number of aromatic nitrogens is 2. The molecule has 0 spiro atoms. The summed E-state index contributed by atoms with van der Waals surface area (Å²) in [6.45, 7) is 4.37. The molecule has 0 saturated carbocycles. The van der Waals surface area contributed by atoms with Crippen molar-refractivity contribution in [2.24, 2.45) is 7.05 Å². The van der Waals surface area contributed by atoms with Crippen LogP contribution in [-0.4, -0.2) is 22.0 Å². The number of nitrogens with zero attached hydrogens (tertiary/aromatic N) is 2. The van der Waals surface area contributed by atoms with Gasteiger partial charge in [-0.15, -0.1) is 11.3 Å². The highest BCUT2D eigenvalue weighted by Crippen LogP contribution is 2.32. The summed E-state index contributed by atoms with van der Waals surface area (Å²) in [5.74, 6) is -0.185. The highest BCUT2D eigenvalue weighted by atomic mass is 32.1. The van der Waals surface area contributed by atoms with Crippen molar-refractivity contribution in [2.45, 2.75) is 19.3 Å². The number of nitrogens with one attached hydrogen (secondary N) is 1. The first-order chi connectivity index (χ1) is 14.4. The summed E-state index contributed by atoms with van der Waals surface area (Å²) < 4.78 is 1.44. The van der Waals surface area contributed by atoms with E-state index in [1.54, 1.807) is 7.05 Å². The lowest BCUT2D eigenvalue weighted by Gasteiger charge is -2.31. The largest absolute Gasteiger partial charge is 0.350 e. The molecule has 0 aliphatic rings. The van der Waals surface area contributed by atoms with E-state index in [1.807, 2.05) is 43.3 Å². The number of rotatable bonds is 5. The van der Waals surface area contributed by atoms with E-state index >= 15 is 0 Å². The molecule has 6 heteroatoms. The molecule has 0 fully saturated rings. The van der Waals surface area contributed by atoms with Crippen LogP contribution in [0.5, 0.6) is 0 Å². The van der Waals surface area contributed by atoms with Gasteiger partial charge in [-0.25, -0.2) is 4.98 Å². The molecule has 4 rings (SSSR count). The van der Waals surface area contributed by atoms with Crippen LogP contribution in [0.4, 0.5) is 0 Å². The maximum absolute atomic E-state index is 13.1. The van der Waals surface area contributed by atoms with Crippen molar-refractivity contribution in [3.8, 4) is 0 Å². The van der Waals surface area contributed by atoms with Gasteiger partial charge in [-0.3, -0.25) is 9.59 Å². The van der Waals surface area contributed by atoms with Crippen LogP contribution in [0.3, 0.4) is 0 Å². The first-order valence-electron chi connectivity index (χ1n) is 9.76. The van der Waals surface area contributed by atoms with Crippen LogP contribution in [0.2, 0.25) is 0 Å². The first-order valence-corrected chi connectivity index (χ1v) is 10.6. The van der Waals surface area contributed by atoms with Crippen molar-refractivity contribution in [2.75, 3.05) is 6.54 Å². The molecule has 30 heavy (non-hydrogen) atoms. The second-order valence-electron chi connectivity index (χ2n) is 7.64. The molecule has 0 radical (unpaired) electrons. The van der Waals surface area contributed by atoms with Crippen molar-refractivity contribution in [1.82, 2.24) is 14.9 Å². The van der Waals surface area contributed by atoms with E-state index < -0.39 is 5.41 Å². The molecule has 1 N–H and O–H groups in total. The minimum Gasteiger partial charge on any atom is -0.350 e. The SMILES string of the molecule is Cc1c(C(=O)NCC(C)(c2ccccc2)c2ccccc2)sc2ncn(C)c(=O)c12. The number of carbonyl (C=O) groups is 1. The van der Waals surface area contributed by atoms with Gasteiger partial charge >= 0.3 is 0 Å². The van der Waals surface area contributed by atoms with Crippen molar-refractivity contribution < 1.29 is 4.79 Å². The fraction of sp³-hybridized carbons (Fsp3) is 0.208. The third kappa shape index (κ3) is 3.44. The number of hydrogen-bond donors (Lipinski definition) is 1. The molecule has 0 aliphatic heterocycles. The zero-order valence-corrected chi connectivity index (χ0v) is 18.0. The van der Waals surface area contributed by atoms with Gasteiger partial charge in [0, 0.05) is 19.0 Å². The van der Waals surface area contributed by atoms with Crippen molar-refractivity contribution >= 4 is 27.5 Å². The Morgan fingerprint density at radius 3 is 2.20 bits per heavy atom. The molecule has 2 aromatic carbocycles. The molecule has 0 bridgehead atoms. The fourth-order valence-corrected chi connectivity index (χ4v) is 4.80. The summed E-state index contributed by atoms with van der Waals surface area (Å²) in [6.07, 6.45) is 1.49. The van der Waals surface area contributed by atoms with Crippen LogP contribution >= 0.6 is 11.3 Å². The maximum atomic E-state index is 13.1. The van der Waals surface area contributed by atoms with Gasteiger partial charge in [0.25, 0.3) is 11.5 Å². The van der Waals surface area contributed by atoms with Crippen molar-refractivity contribution in [3.63, 3.8) is 0 Å². The zero-order chi connectivity index (χ0) is 21.3. The summed E-state index contributed by atoms with van der Waals surface area (Å²) in [6, 6.07) is 20.3. The number of fused-ring (bicyclic) bond motifs is 1. The lowest BCUT2D eigenvalue weighted by Crippen LogP contribution is -2.39. The summed E-state index contributed by atoms with van der Waals surface area (Å²) in [4.78, 5) is 31.0. The predicted octanol–water partition coefficient (Wildman–Crippen LogP) is 4.04. The van der Waals surface area contributed by atoms with E-state index in [0.717, 1.165) is 11.1 Å². The Bertz CT molecular complexity index is 1220. The number of thiophene rings is 1. The Hall–Kier alpha value is -3.25. The summed E-state index contributed by atoms with van der Waals surface area (Å²) in [7, 11) is 1.66. The average Bonchev–Trinajstić information content (AvgIpc) is 3.12. The zero-order valence-electron chi connectivity index (χ0n) is 17.2. The molecular weight excluding hydrogens is 394 g/mol. The topological polar surface area (TPSA) is 64.0 Å². The van der Waals surface area contributed by atoms with Crippen LogP contribution < -0.4 is 10.9 Å². The third-order valence-electron chi connectivity index (χ3n) is 5.64. The fourth-order valence-electron chi connectivity index (χ4n) is 3.75. The van der Waals surface area contributed by atoms with Gasteiger partial charge in [0.05, 0.1) is 16.6 Å². The molecule has 0 atom stereocenters. The Labute approximate surface area is 179 Å². The molecule has 2 heterocycles. The normalized spacial score (nSPS) is 11.6. The molecule has 0 aliphatic carbocycles. The summed E-state index contributed by atoms with van der Waals surface area (Å²) in [5.41, 5.74) is 2.41. The van der Waals surface area contributed by atoms with Gasteiger partial charge in [-0.2, -0.15) is 0 Å². The van der Waals surface area contributed by atoms with Gasteiger partial charge in [-0.1, -0.05) is 60.7 Å². The second-order valence-corrected chi connectivity index (χ2v) is 8.64. The Kier molecular flexibility index (Phi) is 5.26. The molecule has 2 aromatic heterocycles. The number of carbonyl (C=O) groups excluding carboxylic acids is 1. The van der Waals surface area contributed by atoms with Gasteiger partial charge in [-0.05, 0) is 30.5 Å². The maximum Gasteiger partial charge on any atom is 0.262 e. The summed E-state index contributed by atoms with van der Waals surface area (Å²) in [5, 5.41) is 3.62. The van der Waals surface area contributed by atoms with E-state index in [1.165, 1.54) is 22.2 Å². The van der Waals surface area contributed by atoms with Crippen LogP contribution in [0.1, 0.15) is 33.3 Å². The molecule has 1 amide bonds. The molecule has 5 nitrogen and oxygen atoms in total. The lowest BCUT2D eigenvalue weighted by atomic mass is 9.76. The summed E-state index contributed by atoms with van der Waals surface area (Å²) >= 11 is 1.26. The van der Waals surface area contributed by atoms with Crippen molar-refractivity contribution in [1.29, 1.82) is 0 Å².